The molecule has 0 aromatic heterocycles. The number of carbonyl (C=O) groups excluding carboxylic acids is 2. The van der Waals surface area contributed by atoms with Gasteiger partial charge in [0.25, 0.3) is 5.91 Å². The first-order valence-corrected chi connectivity index (χ1v) is 8.98. The molecule has 0 saturated carbocycles. The molecule has 2 aromatic carbocycles. The minimum Gasteiger partial charge on any atom is -0.465 e. The van der Waals surface area contributed by atoms with E-state index in [-0.39, 0.29) is 5.91 Å². The predicted molar refractivity (Wildman–Crippen MR) is 112 cm³/mol. The maximum atomic E-state index is 13.2. The van der Waals surface area contributed by atoms with E-state index in [1.54, 1.807) is 61.2 Å². The van der Waals surface area contributed by atoms with Crippen molar-refractivity contribution >= 4 is 46.3 Å². The molecule has 0 unspecified atom stereocenters. The van der Waals surface area contributed by atoms with Crippen molar-refractivity contribution in [3.05, 3.63) is 65.0 Å². The average Bonchev–Trinajstić information content (AvgIpc) is 2.85. The third kappa shape index (κ3) is 3.02. The molecule has 7 heteroatoms. The molecule has 0 N–H and O–H groups in total. The van der Waals surface area contributed by atoms with Crippen LogP contribution in [0.3, 0.4) is 0 Å². The van der Waals surface area contributed by atoms with Gasteiger partial charge in [0.1, 0.15) is 5.54 Å². The van der Waals surface area contributed by atoms with E-state index in [2.05, 4.69) is 4.85 Å². The first-order valence-electron chi connectivity index (χ1n) is 8.57. The first kappa shape index (κ1) is 19.5. The second-order valence-corrected chi connectivity index (χ2v) is 7.30. The summed E-state index contributed by atoms with van der Waals surface area (Å²) in [7, 11) is 1.33. The fourth-order valence-electron chi connectivity index (χ4n) is 3.22. The van der Waals surface area contributed by atoms with Gasteiger partial charge in [-0.2, -0.15) is 0 Å². The van der Waals surface area contributed by atoms with Gasteiger partial charge in [-0.15, -0.1) is 0 Å². The van der Waals surface area contributed by atoms with Gasteiger partial charge in [-0.25, -0.2) is 9.64 Å². The van der Waals surface area contributed by atoms with Gasteiger partial charge < -0.3 is 9.64 Å². The predicted octanol–water partition coefficient (Wildman–Crippen LogP) is 4.25. The van der Waals surface area contributed by atoms with Gasteiger partial charge in [-0.05, 0) is 75.0 Å². The zero-order valence-corrected chi connectivity index (χ0v) is 16.8. The van der Waals surface area contributed by atoms with Gasteiger partial charge in [0, 0.05) is 11.4 Å². The molecule has 6 nitrogen and oxygen atoms in total. The molecule has 142 valence electrons. The number of carbonyl (C=O) groups is 2. The summed E-state index contributed by atoms with van der Waals surface area (Å²) >= 11 is 5.64. The number of rotatable bonds is 3. The van der Waals surface area contributed by atoms with E-state index in [0.29, 0.717) is 27.7 Å². The minimum absolute atomic E-state index is 0.162. The molecular formula is C21H19N3O3S. The number of esters is 1. The zero-order valence-electron chi connectivity index (χ0n) is 16.0. The van der Waals surface area contributed by atoms with Gasteiger partial charge in [-0.1, -0.05) is 6.07 Å². The Balaban J connectivity index is 2.01. The highest BCUT2D eigenvalue weighted by molar-refractivity contribution is 7.81. The Morgan fingerprint density at radius 3 is 2.29 bits per heavy atom. The monoisotopic (exact) mass is 393 g/mol. The summed E-state index contributed by atoms with van der Waals surface area (Å²) in [5.41, 5.74) is 2.16. The number of benzene rings is 2. The Labute approximate surface area is 169 Å². The average molecular weight is 393 g/mol. The summed E-state index contributed by atoms with van der Waals surface area (Å²) in [5.74, 6) is -0.590. The molecule has 0 spiro atoms. The topological polar surface area (TPSA) is 54.2 Å². The zero-order chi connectivity index (χ0) is 20.6. The van der Waals surface area contributed by atoms with E-state index in [4.69, 9.17) is 23.5 Å². The normalized spacial score (nSPS) is 15.5. The highest BCUT2D eigenvalue weighted by Gasteiger charge is 2.50. The van der Waals surface area contributed by atoms with Gasteiger partial charge in [0.15, 0.2) is 10.8 Å². The van der Waals surface area contributed by atoms with Crippen LogP contribution in [0.2, 0.25) is 0 Å². The number of nitrogens with zero attached hydrogens (tertiary/aromatic N) is 3. The van der Waals surface area contributed by atoms with E-state index in [0.717, 1.165) is 5.56 Å². The smallest absolute Gasteiger partial charge is 0.337 e. The molecule has 0 aliphatic carbocycles. The van der Waals surface area contributed by atoms with Crippen molar-refractivity contribution in [3.63, 3.8) is 0 Å². The summed E-state index contributed by atoms with van der Waals surface area (Å²) < 4.78 is 4.72. The number of anilines is 2. The van der Waals surface area contributed by atoms with E-state index in [1.807, 2.05) is 6.92 Å². The van der Waals surface area contributed by atoms with Crippen LogP contribution in [0.5, 0.6) is 0 Å². The maximum absolute atomic E-state index is 13.2. The number of amides is 1. The highest BCUT2D eigenvalue weighted by atomic mass is 32.1. The molecule has 0 atom stereocenters. The van der Waals surface area contributed by atoms with Gasteiger partial charge in [0.05, 0.1) is 19.2 Å². The Bertz CT molecular complexity index is 1020. The third-order valence-corrected chi connectivity index (χ3v) is 5.14. The van der Waals surface area contributed by atoms with Crippen LogP contribution in [-0.2, 0) is 9.53 Å². The van der Waals surface area contributed by atoms with Crippen molar-refractivity contribution in [2.45, 2.75) is 26.3 Å². The van der Waals surface area contributed by atoms with Crippen LogP contribution in [0.1, 0.15) is 29.8 Å². The van der Waals surface area contributed by atoms with Crippen molar-refractivity contribution in [3.8, 4) is 0 Å². The van der Waals surface area contributed by atoms with Crippen molar-refractivity contribution in [1.82, 2.24) is 0 Å². The number of hydrogen-bond donors (Lipinski definition) is 0. The van der Waals surface area contributed by atoms with Crippen LogP contribution < -0.4 is 9.80 Å². The highest BCUT2D eigenvalue weighted by Crippen LogP contribution is 2.37. The van der Waals surface area contributed by atoms with Gasteiger partial charge >= 0.3 is 5.97 Å². The summed E-state index contributed by atoms with van der Waals surface area (Å²) in [4.78, 5) is 31.6. The standard InChI is InChI=1S/C21H19N3O3S/c1-13-12-16(10-11-17(13)22-4)23-19(26)21(2,3)24(20(23)28)15-8-6-14(7-9-15)18(25)27-5/h6-12H,1-3,5H3. The van der Waals surface area contributed by atoms with Crippen molar-refractivity contribution in [2.24, 2.45) is 0 Å². The Hall–Kier alpha value is -3.24. The molecule has 0 bridgehead atoms. The SMILES string of the molecule is [C-]#[N+]c1ccc(N2C(=O)C(C)(C)N(c3ccc(C(=O)OC)cc3)C2=S)cc1C. The molecule has 1 heterocycles. The van der Waals surface area contributed by atoms with Crippen LogP contribution in [0.4, 0.5) is 17.1 Å². The lowest BCUT2D eigenvalue weighted by Gasteiger charge is -2.29. The van der Waals surface area contributed by atoms with Crippen molar-refractivity contribution in [1.29, 1.82) is 0 Å². The van der Waals surface area contributed by atoms with Crippen molar-refractivity contribution < 1.29 is 14.3 Å². The Kier molecular flexibility index (Phi) is 4.92. The van der Waals surface area contributed by atoms with Gasteiger partial charge in [-0.3, -0.25) is 9.69 Å². The third-order valence-electron chi connectivity index (χ3n) is 4.77. The molecule has 1 fully saturated rings. The quantitative estimate of drug-likeness (QED) is 0.443. The lowest BCUT2D eigenvalue weighted by Crippen LogP contribution is -2.44. The first-order chi connectivity index (χ1) is 13.2. The number of ether oxygens (including phenoxy) is 1. The van der Waals surface area contributed by atoms with Crippen LogP contribution in [0.25, 0.3) is 4.85 Å². The largest absolute Gasteiger partial charge is 0.465 e. The summed E-state index contributed by atoms with van der Waals surface area (Å²) in [6.07, 6.45) is 0. The molecule has 1 aliphatic heterocycles. The molecule has 1 amide bonds. The maximum Gasteiger partial charge on any atom is 0.337 e. The van der Waals surface area contributed by atoms with Crippen molar-refractivity contribution in [2.75, 3.05) is 16.9 Å². The Morgan fingerprint density at radius 1 is 1.14 bits per heavy atom. The van der Waals surface area contributed by atoms with E-state index >= 15 is 0 Å². The van der Waals surface area contributed by atoms with E-state index in [9.17, 15) is 9.59 Å². The molecule has 0 radical (unpaired) electrons. The van der Waals surface area contributed by atoms with Crippen LogP contribution in [0.15, 0.2) is 42.5 Å². The van der Waals surface area contributed by atoms with Crippen LogP contribution in [0, 0.1) is 13.5 Å². The lowest BCUT2D eigenvalue weighted by atomic mass is 10.0. The second-order valence-electron chi connectivity index (χ2n) is 6.94. The van der Waals surface area contributed by atoms with Crippen LogP contribution >= 0.6 is 12.2 Å². The molecule has 1 aliphatic rings. The van der Waals surface area contributed by atoms with Crippen LogP contribution in [-0.4, -0.2) is 29.6 Å². The van der Waals surface area contributed by atoms with E-state index in [1.165, 1.54) is 12.0 Å². The van der Waals surface area contributed by atoms with E-state index < -0.39 is 11.5 Å². The summed E-state index contributed by atoms with van der Waals surface area (Å²) in [5, 5.41) is 0.343. The number of aryl methyl sites for hydroxylation is 1. The second kappa shape index (κ2) is 7.06. The molecule has 28 heavy (non-hydrogen) atoms. The minimum atomic E-state index is -0.907. The lowest BCUT2D eigenvalue weighted by molar-refractivity contribution is -0.120. The number of thiocarbonyl (C=S) groups is 1. The summed E-state index contributed by atoms with van der Waals surface area (Å²) in [6, 6.07) is 12.0. The van der Waals surface area contributed by atoms with Gasteiger partial charge in [0.2, 0.25) is 0 Å². The number of methoxy groups -OCH3 is 1. The molecule has 3 rings (SSSR count). The molecule has 1 saturated heterocycles. The molecule has 2 aromatic rings. The number of hydrogen-bond acceptors (Lipinski definition) is 4. The fourth-order valence-corrected chi connectivity index (χ4v) is 3.75. The molecular weight excluding hydrogens is 374 g/mol. The summed E-state index contributed by atoms with van der Waals surface area (Å²) in [6.45, 7) is 12.6. The Morgan fingerprint density at radius 2 is 1.75 bits per heavy atom. The fraction of sp³-hybridized carbons (Fsp3) is 0.238.